The third-order valence-electron chi connectivity index (χ3n) is 3.35. The van der Waals surface area contributed by atoms with E-state index in [1.807, 2.05) is 18.2 Å². The van der Waals surface area contributed by atoms with Crippen molar-refractivity contribution in [3.63, 3.8) is 0 Å². The van der Waals surface area contributed by atoms with Crippen LogP contribution in [0, 0.1) is 0 Å². The van der Waals surface area contributed by atoms with E-state index >= 15 is 0 Å². The van der Waals surface area contributed by atoms with Crippen LogP contribution in [0.3, 0.4) is 0 Å². The average molecular weight is 280 g/mol. The predicted molar refractivity (Wildman–Crippen MR) is 80.8 cm³/mol. The standard InChI is InChI=1S/C15H13BN2O3/c1-21-13-7-4-6-11(9-13)15(19)18-16(20)14-8-3-2-5-12(14)10-17-18/h2-10,20H,1H3. The van der Waals surface area contributed by atoms with E-state index in [9.17, 15) is 9.82 Å². The lowest BCUT2D eigenvalue weighted by Gasteiger charge is -2.24. The van der Waals surface area contributed by atoms with E-state index in [0.717, 1.165) is 10.5 Å². The maximum atomic E-state index is 12.5. The molecule has 0 saturated heterocycles. The van der Waals surface area contributed by atoms with Crippen LogP contribution in [0.25, 0.3) is 0 Å². The van der Waals surface area contributed by atoms with Crippen LogP contribution in [-0.2, 0) is 0 Å². The molecule has 3 rings (SSSR count). The number of fused-ring (bicyclic) bond motifs is 1. The molecule has 0 aromatic heterocycles. The van der Waals surface area contributed by atoms with Crippen LogP contribution < -0.4 is 10.2 Å². The van der Waals surface area contributed by atoms with Gasteiger partial charge in [-0.05, 0) is 29.2 Å². The number of carbonyl (C=O) groups is 1. The van der Waals surface area contributed by atoms with Gasteiger partial charge >= 0.3 is 7.05 Å². The number of amides is 1. The smallest absolute Gasteiger partial charge is 0.474 e. The third-order valence-corrected chi connectivity index (χ3v) is 3.35. The van der Waals surface area contributed by atoms with Crippen LogP contribution in [-0.4, -0.2) is 36.2 Å². The molecule has 0 saturated carbocycles. The first-order valence-corrected chi connectivity index (χ1v) is 6.49. The largest absolute Gasteiger partial charge is 0.497 e. The molecule has 1 amide bonds. The SMILES string of the molecule is COc1cccc(C(=O)N2N=Cc3ccccc3B2O)c1. The molecule has 2 aromatic rings. The minimum Gasteiger partial charge on any atom is -0.497 e. The molecule has 0 unspecified atom stereocenters. The molecule has 0 aliphatic carbocycles. The summed E-state index contributed by atoms with van der Waals surface area (Å²) in [5.41, 5.74) is 1.87. The second kappa shape index (κ2) is 5.42. The molecule has 5 nitrogen and oxygen atoms in total. The quantitative estimate of drug-likeness (QED) is 0.830. The van der Waals surface area contributed by atoms with E-state index in [-0.39, 0.29) is 5.91 Å². The van der Waals surface area contributed by atoms with Crippen molar-refractivity contribution < 1.29 is 14.6 Å². The van der Waals surface area contributed by atoms with Gasteiger partial charge in [0.05, 0.1) is 13.3 Å². The summed E-state index contributed by atoms with van der Waals surface area (Å²) in [6.07, 6.45) is 1.57. The van der Waals surface area contributed by atoms with Gasteiger partial charge in [-0.2, -0.15) is 5.10 Å². The summed E-state index contributed by atoms with van der Waals surface area (Å²) in [4.78, 5) is 13.6. The molecule has 0 radical (unpaired) electrons. The first-order valence-electron chi connectivity index (χ1n) is 6.49. The molecule has 6 heteroatoms. The topological polar surface area (TPSA) is 62.1 Å². The highest BCUT2D eigenvalue weighted by Gasteiger charge is 2.33. The van der Waals surface area contributed by atoms with Crippen LogP contribution in [0.4, 0.5) is 0 Å². The van der Waals surface area contributed by atoms with Gasteiger partial charge in [0.15, 0.2) is 0 Å². The van der Waals surface area contributed by atoms with Crippen LogP contribution >= 0.6 is 0 Å². The Morgan fingerprint density at radius 1 is 1.24 bits per heavy atom. The van der Waals surface area contributed by atoms with E-state index in [0.29, 0.717) is 16.8 Å². The van der Waals surface area contributed by atoms with Crippen molar-refractivity contribution in [2.24, 2.45) is 5.10 Å². The zero-order chi connectivity index (χ0) is 14.8. The first-order chi connectivity index (χ1) is 10.2. The molecule has 0 atom stereocenters. The van der Waals surface area contributed by atoms with Crippen molar-refractivity contribution in [3.05, 3.63) is 59.7 Å². The van der Waals surface area contributed by atoms with Crippen LogP contribution in [0.15, 0.2) is 53.6 Å². The average Bonchev–Trinajstić information content (AvgIpc) is 2.55. The molecule has 2 aromatic carbocycles. The van der Waals surface area contributed by atoms with Crippen molar-refractivity contribution in [2.45, 2.75) is 0 Å². The Labute approximate surface area is 122 Å². The summed E-state index contributed by atoms with van der Waals surface area (Å²) in [6, 6.07) is 14.0. The summed E-state index contributed by atoms with van der Waals surface area (Å²) in [7, 11) is 0.443. The van der Waals surface area contributed by atoms with Gasteiger partial charge in [0.1, 0.15) is 5.75 Å². The summed E-state index contributed by atoms with van der Waals surface area (Å²) < 4.78 is 5.10. The monoisotopic (exact) mass is 280 g/mol. The molecule has 1 N–H and O–H groups in total. The van der Waals surface area contributed by atoms with E-state index in [2.05, 4.69) is 5.10 Å². The molecule has 1 aliphatic rings. The summed E-state index contributed by atoms with van der Waals surface area (Å²) >= 11 is 0. The highest BCUT2D eigenvalue weighted by Crippen LogP contribution is 2.16. The van der Waals surface area contributed by atoms with Crippen molar-refractivity contribution in [1.82, 2.24) is 4.92 Å². The van der Waals surface area contributed by atoms with Gasteiger partial charge in [-0.1, -0.05) is 30.3 Å². The Kier molecular flexibility index (Phi) is 3.45. The number of carbonyl (C=O) groups excluding carboxylic acids is 1. The summed E-state index contributed by atoms with van der Waals surface area (Å²) in [5.74, 6) is 0.198. The number of rotatable bonds is 2. The van der Waals surface area contributed by atoms with Gasteiger partial charge in [0, 0.05) is 5.56 Å². The maximum Gasteiger partial charge on any atom is 0.474 e. The van der Waals surface area contributed by atoms with E-state index in [4.69, 9.17) is 4.74 Å². The number of benzene rings is 2. The van der Waals surface area contributed by atoms with Gasteiger partial charge in [0.2, 0.25) is 0 Å². The molecule has 104 valence electrons. The fourth-order valence-corrected chi connectivity index (χ4v) is 2.23. The number of hydrogen-bond donors (Lipinski definition) is 1. The molecule has 1 heterocycles. The second-order valence-electron chi connectivity index (χ2n) is 4.63. The third kappa shape index (κ3) is 2.41. The first kappa shape index (κ1) is 13.4. The molecule has 1 aliphatic heterocycles. The summed E-state index contributed by atoms with van der Waals surface area (Å²) in [5, 5.41) is 14.4. The molecular formula is C15H13BN2O3. The van der Waals surface area contributed by atoms with Gasteiger partial charge in [-0.25, -0.2) is 4.92 Å². The predicted octanol–water partition coefficient (Wildman–Crippen LogP) is 0.873. The fourth-order valence-electron chi connectivity index (χ4n) is 2.23. The van der Waals surface area contributed by atoms with Crippen molar-refractivity contribution in [1.29, 1.82) is 0 Å². The number of ether oxygens (including phenoxy) is 1. The highest BCUT2D eigenvalue weighted by atomic mass is 16.5. The Morgan fingerprint density at radius 2 is 2.05 bits per heavy atom. The van der Waals surface area contributed by atoms with Crippen LogP contribution in [0.2, 0.25) is 0 Å². The van der Waals surface area contributed by atoms with Gasteiger partial charge < -0.3 is 9.76 Å². The second-order valence-corrected chi connectivity index (χ2v) is 4.63. The molecular weight excluding hydrogens is 267 g/mol. The Hall–Kier alpha value is -2.60. The van der Waals surface area contributed by atoms with Crippen molar-refractivity contribution in [2.75, 3.05) is 7.11 Å². The minimum absolute atomic E-state index is 0.382. The van der Waals surface area contributed by atoms with E-state index < -0.39 is 7.05 Å². The van der Waals surface area contributed by atoms with Gasteiger partial charge in [0.25, 0.3) is 5.91 Å². The van der Waals surface area contributed by atoms with E-state index in [1.54, 1.807) is 36.5 Å². The zero-order valence-corrected chi connectivity index (χ0v) is 11.4. The maximum absolute atomic E-state index is 12.5. The Bertz CT molecular complexity index is 718. The van der Waals surface area contributed by atoms with E-state index in [1.165, 1.54) is 7.11 Å². The number of methoxy groups -OCH3 is 1. The number of hydrogen-bond acceptors (Lipinski definition) is 4. The lowest BCUT2D eigenvalue weighted by molar-refractivity contribution is 0.0845. The molecule has 0 fully saturated rings. The normalized spacial score (nSPS) is 13.0. The van der Waals surface area contributed by atoms with Crippen LogP contribution in [0.1, 0.15) is 15.9 Å². The lowest BCUT2D eigenvalue weighted by Crippen LogP contribution is -2.52. The molecule has 0 bridgehead atoms. The van der Waals surface area contributed by atoms with Crippen molar-refractivity contribution in [3.8, 4) is 5.75 Å². The van der Waals surface area contributed by atoms with Crippen LogP contribution in [0.5, 0.6) is 5.75 Å². The number of nitrogens with zero attached hydrogens (tertiary/aromatic N) is 2. The number of hydrazone groups is 1. The zero-order valence-electron chi connectivity index (χ0n) is 11.4. The Morgan fingerprint density at radius 3 is 2.86 bits per heavy atom. The van der Waals surface area contributed by atoms with Gasteiger partial charge in [-0.3, -0.25) is 4.79 Å². The summed E-state index contributed by atoms with van der Waals surface area (Å²) in [6.45, 7) is 0. The van der Waals surface area contributed by atoms with Gasteiger partial charge in [-0.15, -0.1) is 0 Å². The Balaban J connectivity index is 1.93. The fraction of sp³-hybridized carbons (Fsp3) is 0.0667. The highest BCUT2D eigenvalue weighted by molar-refractivity contribution is 6.68. The lowest BCUT2D eigenvalue weighted by atomic mass is 9.69. The molecule has 0 spiro atoms. The molecule has 21 heavy (non-hydrogen) atoms. The minimum atomic E-state index is -1.09. The van der Waals surface area contributed by atoms with Crippen molar-refractivity contribution >= 4 is 24.6 Å².